The van der Waals surface area contributed by atoms with Gasteiger partial charge in [-0.3, -0.25) is 4.79 Å². The molecule has 0 bridgehead atoms. The Kier molecular flexibility index (Phi) is 5.47. The van der Waals surface area contributed by atoms with Gasteiger partial charge < -0.3 is 5.11 Å². The van der Waals surface area contributed by atoms with Crippen LogP contribution in [0.15, 0.2) is 66.7 Å². The normalized spacial score (nSPS) is 14.5. The molecule has 1 N–H and O–H groups in total. The van der Waals surface area contributed by atoms with Gasteiger partial charge in [0.05, 0.1) is 0 Å². The maximum atomic E-state index is 13.3. The van der Waals surface area contributed by atoms with Gasteiger partial charge >= 0.3 is 6.18 Å². The summed E-state index contributed by atoms with van der Waals surface area (Å²) in [6.45, 7) is 0. The summed E-state index contributed by atoms with van der Waals surface area (Å²) in [4.78, 5) is 12.0. The van der Waals surface area contributed by atoms with Crippen LogP contribution in [0.5, 0.6) is 0 Å². The van der Waals surface area contributed by atoms with Crippen LogP contribution in [0, 0.1) is 0 Å². The van der Waals surface area contributed by atoms with Crippen LogP contribution in [0.3, 0.4) is 0 Å². The topological polar surface area (TPSA) is 37.3 Å². The Hall–Kier alpha value is -2.11. The predicted molar refractivity (Wildman–Crippen MR) is 85.9 cm³/mol. The summed E-state index contributed by atoms with van der Waals surface area (Å²) in [6.07, 6.45) is -3.63. The van der Waals surface area contributed by atoms with E-state index in [0.29, 0.717) is 5.02 Å². The molecule has 24 heavy (non-hydrogen) atoms. The first kappa shape index (κ1) is 18.2. The number of allylic oxidation sites excluding steroid dienone is 1. The highest BCUT2D eigenvalue weighted by atomic mass is 35.5. The van der Waals surface area contributed by atoms with E-state index in [0.717, 1.165) is 12.2 Å². The summed E-state index contributed by atoms with van der Waals surface area (Å²) in [5, 5.41) is 10.5. The molecule has 126 valence electrons. The van der Waals surface area contributed by atoms with Crippen molar-refractivity contribution >= 4 is 17.4 Å². The molecule has 6 heteroatoms. The second-order valence-corrected chi connectivity index (χ2v) is 5.64. The van der Waals surface area contributed by atoms with E-state index in [2.05, 4.69) is 0 Å². The van der Waals surface area contributed by atoms with Crippen molar-refractivity contribution in [2.75, 3.05) is 0 Å². The molecule has 2 aromatic carbocycles. The van der Waals surface area contributed by atoms with E-state index in [1.165, 1.54) is 36.4 Å². The Morgan fingerprint density at radius 3 is 2.33 bits per heavy atom. The fourth-order valence-corrected chi connectivity index (χ4v) is 2.38. The SMILES string of the molecule is O=C(/C=C/C[C@](O)(c1ccccc1)C(F)(F)F)c1cccc(Cl)c1. The highest BCUT2D eigenvalue weighted by molar-refractivity contribution is 6.31. The highest BCUT2D eigenvalue weighted by Gasteiger charge is 2.53. The lowest BCUT2D eigenvalue weighted by Crippen LogP contribution is -2.41. The van der Waals surface area contributed by atoms with Crippen LogP contribution in [-0.4, -0.2) is 17.1 Å². The lowest BCUT2D eigenvalue weighted by molar-refractivity contribution is -0.265. The number of aliphatic hydroxyl groups is 1. The summed E-state index contributed by atoms with van der Waals surface area (Å²) in [7, 11) is 0. The molecule has 2 rings (SSSR count). The summed E-state index contributed by atoms with van der Waals surface area (Å²) >= 11 is 5.77. The van der Waals surface area contributed by atoms with Crippen LogP contribution < -0.4 is 0 Å². The molecule has 0 saturated carbocycles. The number of ketones is 1. The van der Waals surface area contributed by atoms with Crippen LogP contribution in [0.4, 0.5) is 13.2 Å². The third-order valence-electron chi connectivity index (χ3n) is 3.51. The Balaban J connectivity index is 2.21. The average Bonchev–Trinajstić information content (AvgIpc) is 2.54. The number of benzene rings is 2. The van der Waals surface area contributed by atoms with Crippen molar-refractivity contribution in [1.29, 1.82) is 0 Å². The molecular weight excluding hydrogens is 341 g/mol. The van der Waals surface area contributed by atoms with Crippen LogP contribution in [0.1, 0.15) is 22.3 Å². The molecule has 0 radical (unpaired) electrons. The zero-order valence-electron chi connectivity index (χ0n) is 12.4. The van der Waals surface area contributed by atoms with Crippen molar-refractivity contribution in [3.63, 3.8) is 0 Å². The largest absolute Gasteiger partial charge is 0.421 e. The van der Waals surface area contributed by atoms with Gasteiger partial charge in [-0.2, -0.15) is 13.2 Å². The molecule has 0 spiro atoms. The van der Waals surface area contributed by atoms with Crippen molar-refractivity contribution in [3.05, 3.63) is 82.9 Å². The number of alkyl halides is 3. The zero-order valence-corrected chi connectivity index (χ0v) is 13.2. The van der Waals surface area contributed by atoms with Crippen LogP contribution in [0.2, 0.25) is 5.02 Å². The van der Waals surface area contributed by atoms with Gasteiger partial charge in [0.15, 0.2) is 11.4 Å². The van der Waals surface area contributed by atoms with E-state index >= 15 is 0 Å². The summed E-state index contributed by atoms with van der Waals surface area (Å²) < 4.78 is 39.9. The van der Waals surface area contributed by atoms with Gasteiger partial charge in [-0.05, 0) is 23.8 Å². The molecule has 0 saturated heterocycles. The molecule has 0 aromatic heterocycles. The van der Waals surface area contributed by atoms with Crippen molar-refractivity contribution in [1.82, 2.24) is 0 Å². The van der Waals surface area contributed by atoms with Gasteiger partial charge in [-0.1, -0.05) is 60.1 Å². The highest BCUT2D eigenvalue weighted by Crippen LogP contribution is 2.41. The minimum absolute atomic E-state index is 0.258. The summed E-state index contributed by atoms with van der Waals surface area (Å²) in [6, 6.07) is 12.8. The number of rotatable bonds is 5. The molecule has 1 atom stereocenters. The first-order chi connectivity index (χ1) is 11.2. The number of hydrogen-bond donors (Lipinski definition) is 1. The fraction of sp³-hybridized carbons (Fsp3) is 0.167. The second-order valence-electron chi connectivity index (χ2n) is 5.21. The van der Waals surface area contributed by atoms with E-state index < -0.39 is 24.0 Å². The second kappa shape index (κ2) is 7.20. The van der Waals surface area contributed by atoms with Crippen molar-refractivity contribution in [2.24, 2.45) is 0 Å². The van der Waals surface area contributed by atoms with Crippen molar-refractivity contribution in [2.45, 2.75) is 18.2 Å². The maximum Gasteiger partial charge on any atom is 0.421 e. The quantitative estimate of drug-likeness (QED) is 0.611. The molecule has 0 unspecified atom stereocenters. The predicted octanol–water partition coefficient (Wildman–Crippen LogP) is 4.92. The maximum absolute atomic E-state index is 13.3. The van der Waals surface area contributed by atoms with Gasteiger partial charge in [0, 0.05) is 17.0 Å². The van der Waals surface area contributed by atoms with Crippen molar-refractivity contribution in [3.8, 4) is 0 Å². The molecule has 0 aliphatic rings. The monoisotopic (exact) mass is 354 g/mol. The number of hydrogen-bond acceptors (Lipinski definition) is 2. The van der Waals surface area contributed by atoms with E-state index in [9.17, 15) is 23.1 Å². The third-order valence-corrected chi connectivity index (χ3v) is 3.75. The Morgan fingerprint density at radius 2 is 1.75 bits per heavy atom. The fourth-order valence-electron chi connectivity index (χ4n) is 2.19. The zero-order chi connectivity index (χ0) is 17.8. The van der Waals surface area contributed by atoms with Gasteiger partial charge in [0.1, 0.15) is 0 Å². The first-order valence-corrected chi connectivity index (χ1v) is 7.43. The lowest BCUT2D eigenvalue weighted by atomic mass is 9.89. The number of halogens is 4. The molecule has 2 nitrogen and oxygen atoms in total. The van der Waals surface area contributed by atoms with Crippen LogP contribution >= 0.6 is 11.6 Å². The summed E-state index contributed by atoms with van der Waals surface area (Å²) in [5.41, 5.74) is -3.08. The van der Waals surface area contributed by atoms with E-state index in [-0.39, 0.29) is 11.1 Å². The number of carbonyl (C=O) groups is 1. The standard InChI is InChI=1S/C18H14ClF3O2/c19-15-9-4-6-13(12-15)16(23)10-5-11-17(24,18(20,21)22)14-7-2-1-3-8-14/h1-10,12,24H,11H2/b10-5+/t17-/m0/s1. The molecular formula is C18H14ClF3O2. The molecule has 0 heterocycles. The Morgan fingerprint density at radius 1 is 1.08 bits per heavy atom. The molecule has 0 aliphatic carbocycles. The van der Waals surface area contributed by atoms with Gasteiger partial charge in [0.2, 0.25) is 0 Å². The van der Waals surface area contributed by atoms with Gasteiger partial charge in [0.25, 0.3) is 0 Å². The summed E-state index contributed by atoms with van der Waals surface area (Å²) in [5.74, 6) is -0.491. The Bertz CT molecular complexity index is 741. The number of carbonyl (C=O) groups excluding carboxylic acids is 1. The smallest absolute Gasteiger partial charge is 0.376 e. The minimum Gasteiger partial charge on any atom is -0.376 e. The average molecular weight is 355 g/mol. The van der Waals surface area contributed by atoms with E-state index in [1.807, 2.05) is 0 Å². The van der Waals surface area contributed by atoms with Gasteiger partial charge in [-0.25, -0.2) is 0 Å². The lowest BCUT2D eigenvalue weighted by Gasteiger charge is -2.30. The molecule has 0 fully saturated rings. The van der Waals surface area contributed by atoms with Crippen molar-refractivity contribution < 1.29 is 23.1 Å². The minimum atomic E-state index is -4.88. The van der Waals surface area contributed by atoms with E-state index in [1.54, 1.807) is 18.2 Å². The Labute approximate surface area is 142 Å². The first-order valence-electron chi connectivity index (χ1n) is 7.05. The van der Waals surface area contributed by atoms with Crippen LogP contribution in [-0.2, 0) is 5.60 Å². The van der Waals surface area contributed by atoms with Gasteiger partial charge in [-0.15, -0.1) is 0 Å². The molecule has 0 amide bonds. The molecule has 0 aliphatic heterocycles. The third kappa shape index (κ3) is 4.04. The molecule has 2 aromatic rings. The van der Waals surface area contributed by atoms with Crippen LogP contribution in [0.25, 0.3) is 0 Å². The van der Waals surface area contributed by atoms with E-state index in [4.69, 9.17) is 11.6 Å².